The minimum atomic E-state index is -0.202. The molecule has 2 fully saturated rings. The summed E-state index contributed by atoms with van der Waals surface area (Å²) >= 11 is 0. The van der Waals surface area contributed by atoms with Gasteiger partial charge >= 0.3 is 0 Å². The van der Waals surface area contributed by atoms with Crippen LogP contribution in [0.2, 0.25) is 0 Å². The Labute approximate surface area is 91.1 Å². The zero-order chi connectivity index (χ0) is 10.5. The first-order valence-corrected chi connectivity index (χ1v) is 6.01. The molecule has 3 rings (SSSR count). The van der Waals surface area contributed by atoms with Crippen LogP contribution in [0.25, 0.3) is 0 Å². The van der Waals surface area contributed by atoms with Gasteiger partial charge in [-0.2, -0.15) is 0 Å². The molecule has 1 nitrogen and oxygen atoms in total. The van der Waals surface area contributed by atoms with Gasteiger partial charge in [0, 0.05) is 5.41 Å². The number of hydrogen-bond donors (Lipinski definition) is 1. The topological polar surface area (TPSA) is 20.2 Å². The highest BCUT2D eigenvalue weighted by Crippen LogP contribution is 2.52. The van der Waals surface area contributed by atoms with Crippen molar-refractivity contribution in [2.24, 2.45) is 0 Å². The molecule has 80 valence electrons. The molecule has 1 aromatic rings. The van der Waals surface area contributed by atoms with Gasteiger partial charge in [0.25, 0.3) is 0 Å². The minimum Gasteiger partial charge on any atom is -0.392 e. The van der Waals surface area contributed by atoms with Crippen LogP contribution >= 0.6 is 0 Å². The van der Waals surface area contributed by atoms with Crippen molar-refractivity contribution in [3.8, 4) is 0 Å². The molecule has 1 unspecified atom stereocenters. The van der Waals surface area contributed by atoms with Gasteiger partial charge in [-0.1, -0.05) is 24.3 Å². The Balaban J connectivity index is 1.94. The molecule has 15 heavy (non-hydrogen) atoms. The third-order valence-electron chi connectivity index (χ3n) is 4.10. The first-order valence-electron chi connectivity index (χ1n) is 6.01. The number of benzene rings is 1. The van der Waals surface area contributed by atoms with E-state index in [0.717, 1.165) is 18.8 Å². The summed E-state index contributed by atoms with van der Waals surface area (Å²) < 4.78 is 0. The minimum absolute atomic E-state index is 0.102. The van der Waals surface area contributed by atoms with E-state index in [1.807, 2.05) is 6.92 Å². The van der Waals surface area contributed by atoms with E-state index < -0.39 is 0 Å². The van der Waals surface area contributed by atoms with E-state index in [-0.39, 0.29) is 11.5 Å². The Hall–Kier alpha value is -0.820. The van der Waals surface area contributed by atoms with Gasteiger partial charge < -0.3 is 5.11 Å². The molecular formula is C14H18O. The van der Waals surface area contributed by atoms with Crippen molar-refractivity contribution in [1.82, 2.24) is 0 Å². The number of hydrogen-bond acceptors (Lipinski definition) is 1. The molecule has 0 bridgehead atoms. The maximum absolute atomic E-state index is 9.84. The molecule has 1 aromatic carbocycles. The summed E-state index contributed by atoms with van der Waals surface area (Å²) in [5.74, 6) is 0.815. The number of rotatable bonds is 3. The first kappa shape index (κ1) is 9.41. The normalized spacial score (nSPS) is 24.9. The monoisotopic (exact) mass is 202 g/mol. The van der Waals surface area contributed by atoms with E-state index in [9.17, 15) is 5.11 Å². The molecule has 0 aromatic heterocycles. The third kappa shape index (κ3) is 1.50. The van der Waals surface area contributed by atoms with Crippen molar-refractivity contribution >= 4 is 0 Å². The molecule has 2 aliphatic rings. The summed E-state index contributed by atoms with van der Waals surface area (Å²) in [6.07, 6.45) is 4.81. The summed E-state index contributed by atoms with van der Waals surface area (Å²) in [5.41, 5.74) is 2.95. The van der Waals surface area contributed by atoms with Crippen LogP contribution in [0.1, 0.15) is 49.7 Å². The van der Waals surface area contributed by atoms with Crippen LogP contribution in [0.4, 0.5) is 0 Å². The number of aliphatic hydroxyl groups excluding tert-OH is 1. The van der Waals surface area contributed by atoms with Gasteiger partial charge in [0.05, 0.1) is 6.10 Å². The maximum Gasteiger partial charge on any atom is 0.0608 e. The molecule has 1 heteroatoms. The van der Waals surface area contributed by atoms with Crippen LogP contribution in [0.5, 0.6) is 0 Å². The third-order valence-corrected chi connectivity index (χ3v) is 4.10. The second-order valence-electron chi connectivity index (χ2n) is 5.23. The lowest BCUT2D eigenvalue weighted by molar-refractivity contribution is 0.150. The maximum atomic E-state index is 9.84. The lowest BCUT2D eigenvalue weighted by atomic mass is 9.89. The van der Waals surface area contributed by atoms with Gasteiger partial charge in [0.15, 0.2) is 0 Å². The average Bonchev–Trinajstić information content (AvgIpc) is 3.11. The highest BCUT2D eigenvalue weighted by atomic mass is 16.3. The van der Waals surface area contributed by atoms with E-state index in [1.165, 1.54) is 24.0 Å². The van der Waals surface area contributed by atoms with Crippen LogP contribution in [-0.4, -0.2) is 11.2 Å². The molecule has 2 aliphatic carbocycles. The van der Waals surface area contributed by atoms with Crippen LogP contribution < -0.4 is 0 Å². The number of aliphatic hydroxyl groups is 1. The Morgan fingerprint density at radius 1 is 1.33 bits per heavy atom. The van der Waals surface area contributed by atoms with Gasteiger partial charge in [-0.3, -0.25) is 0 Å². The van der Waals surface area contributed by atoms with E-state index in [2.05, 4.69) is 24.3 Å². The molecule has 0 amide bonds. The quantitative estimate of drug-likeness (QED) is 0.799. The van der Waals surface area contributed by atoms with Crippen LogP contribution in [0.3, 0.4) is 0 Å². The van der Waals surface area contributed by atoms with Gasteiger partial charge in [0.2, 0.25) is 0 Å². The first-order chi connectivity index (χ1) is 7.22. The lowest BCUT2D eigenvalue weighted by Gasteiger charge is -2.19. The predicted octanol–water partition coefficient (Wildman–Crippen LogP) is 2.98. The summed E-state index contributed by atoms with van der Waals surface area (Å²) in [6.45, 7) is 1.93. The highest BCUT2D eigenvalue weighted by Gasteiger charge is 2.48. The van der Waals surface area contributed by atoms with E-state index in [1.54, 1.807) is 0 Å². The average molecular weight is 202 g/mol. The van der Waals surface area contributed by atoms with Gasteiger partial charge in [0.1, 0.15) is 0 Å². The lowest BCUT2D eigenvalue weighted by Crippen LogP contribution is -2.22. The summed E-state index contributed by atoms with van der Waals surface area (Å²) in [7, 11) is 0. The molecule has 1 N–H and O–H groups in total. The molecule has 0 saturated heterocycles. The predicted molar refractivity (Wildman–Crippen MR) is 61.0 cm³/mol. The van der Waals surface area contributed by atoms with Gasteiger partial charge in [-0.25, -0.2) is 0 Å². The van der Waals surface area contributed by atoms with Crippen molar-refractivity contribution in [3.05, 3.63) is 35.4 Å². The molecule has 2 saturated carbocycles. The molecule has 0 heterocycles. The van der Waals surface area contributed by atoms with Crippen molar-refractivity contribution in [2.45, 2.75) is 50.0 Å². The smallest absolute Gasteiger partial charge is 0.0608 e. The van der Waals surface area contributed by atoms with Gasteiger partial charge in [-0.15, -0.1) is 0 Å². The van der Waals surface area contributed by atoms with E-state index in [0.29, 0.717) is 0 Å². The standard InChI is InChI=1S/C14H18O/c1-10(15)14(7-8-14)13-4-2-3-12(9-13)11-5-6-11/h2-4,9-11,15H,5-8H2,1H3. The van der Waals surface area contributed by atoms with Crippen molar-refractivity contribution in [2.75, 3.05) is 0 Å². The summed E-state index contributed by atoms with van der Waals surface area (Å²) in [5, 5.41) is 9.84. The van der Waals surface area contributed by atoms with E-state index in [4.69, 9.17) is 0 Å². The molecule has 0 spiro atoms. The molecule has 0 radical (unpaired) electrons. The summed E-state index contributed by atoms with van der Waals surface area (Å²) in [6, 6.07) is 8.91. The Morgan fingerprint density at radius 3 is 2.60 bits per heavy atom. The van der Waals surface area contributed by atoms with Crippen molar-refractivity contribution in [1.29, 1.82) is 0 Å². The fraction of sp³-hybridized carbons (Fsp3) is 0.571. The fourth-order valence-corrected chi connectivity index (χ4v) is 2.60. The largest absolute Gasteiger partial charge is 0.392 e. The van der Waals surface area contributed by atoms with Crippen LogP contribution in [0, 0.1) is 0 Å². The fourth-order valence-electron chi connectivity index (χ4n) is 2.60. The molecule has 1 atom stereocenters. The summed E-state index contributed by atoms with van der Waals surface area (Å²) in [4.78, 5) is 0. The highest BCUT2D eigenvalue weighted by molar-refractivity contribution is 5.38. The van der Waals surface area contributed by atoms with Crippen molar-refractivity contribution < 1.29 is 5.11 Å². The molecule has 0 aliphatic heterocycles. The molecular weight excluding hydrogens is 184 g/mol. The zero-order valence-electron chi connectivity index (χ0n) is 9.24. The SMILES string of the molecule is CC(O)C1(c2cccc(C3CC3)c2)CC1. The Bertz CT molecular complexity index is 373. The van der Waals surface area contributed by atoms with Gasteiger partial charge in [-0.05, 0) is 49.7 Å². The second-order valence-corrected chi connectivity index (χ2v) is 5.23. The Kier molecular flexibility index (Phi) is 1.93. The van der Waals surface area contributed by atoms with Crippen LogP contribution in [0.15, 0.2) is 24.3 Å². The Morgan fingerprint density at radius 2 is 2.07 bits per heavy atom. The zero-order valence-corrected chi connectivity index (χ0v) is 9.24. The van der Waals surface area contributed by atoms with Crippen molar-refractivity contribution in [3.63, 3.8) is 0 Å². The second kappa shape index (κ2) is 3.08. The van der Waals surface area contributed by atoms with E-state index >= 15 is 0 Å². The van der Waals surface area contributed by atoms with Crippen LogP contribution in [-0.2, 0) is 5.41 Å².